The number of rotatable bonds is 4. The Kier molecular flexibility index (Phi) is 4.11. The Bertz CT molecular complexity index is 415. The van der Waals surface area contributed by atoms with Crippen LogP contribution in [0.4, 0.5) is 14.6 Å². The highest BCUT2D eigenvalue weighted by Gasteiger charge is 2.26. The van der Waals surface area contributed by atoms with Crippen molar-refractivity contribution in [2.75, 3.05) is 7.11 Å². The number of halogens is 3. The third-order valence-electron chi connectivity index (χ3n) is 1.86. The van der Waals surface area contributed by atoms with Crippen LogP contribution in [-0.2, 0) is 5.33 Å². The van der Waals surface area contributed by atoms with Gasteiger partial charge in [0.05, 0.1) is 12.7 Å². The molecule has 0 radical (unpaired) electrons. The van der Waals surface area contributed by atoms with Crippen LogP contribution in [0, 0.1) is 10.1 Å². The van der Waals surface area contributed by atoms with E-state index < -0.39 is 22.7 Å². The number of ether oxygens (including phenoxy) is 1. The van der Waals surface area contributed by atoms with Gasteiger partial charge in [-0.15, -0.1) is 0 Å². The van der Waals surface area contributed by atoms with E-state index in [1.807, 2.05) is 0 Å². The third kappa shape index (κ3) is 2.43. The SMILES string of the molecule is COc1cc(C(F)F)c(CBr)c([N+](=O)[O-])n1. The maximum absolute atomic E-state index is 12.6. The maximum Gasteiger partial charge on any atom is 0.372 e. The van der Waals surface area contributed by atoms with Gasteiger partial charge in [0.2, 0.25) is 0 Å². The Balaban J connectivity index is 3.46. The van der Waals surface area contributed by atoms with Crippen LogP contribution in [0.3, 0.4) is 0 Å². The lowest BCUT2D eigenvalue weighted by Crippen LogP contribution is -2.04. The molecule has 0 fully saturated rings. The van der Waals surface area contributed by atoms with Gasteiger partial charge in [-0.25, -0.2) is 8.78 Å². The van der Waals surface area contributed by atoms with Crippen molar-refractivity contribution in [3.05, 3.63) is 27.3 Å². The molecule has 0 aliphatic carbocycles. The monoisotopic (exact) mass is 296 g/mol. The Morgan fingerprint density at radius 3 is 2.69 bits per heavy atom. The smallest absolute Gasteiger partial charge is 0.372 e. The first-order chi connectivity index (χ1) is 7.51. The standard InChI is InChI=1S/C8H7BrF2N2O3/c1-16-6-2-4(7(10)11)5(3-9)8(12-6)13(14)15/h2,7H,3H2,1H3. The summed E-state index contributed by atoms with van der Waals surface area (Å²) in [5.41, 5.74) is -0.587. The third-order valence-corrected chi connectivity index (χ3v) is 2.42. The summed E-state index contributed by atoms with van der Waals surface area (Å²) in [6.45, 7) is 0. The molecule has 16 heavy (non-hydrogen) atoms. The van der Waals surface area contributed by atoms with Crippen molar-refractivity contribution >= 4 is 21.7 Å². The molecule has 5 nitrogen and oxygen atoms in total. The fourth-order valence-corrected chi connectivity index (χ4v) is 1.72. The Labute approximate surface area is 97.7 Å². The van der Waals surface area contributed by atoms with Crippen molar-refractivity contribution in [1.82, 2.24) is 4.98 Å². The Morgan fingerprint density at radius 2 is 2.31 bits per heavy atom. The van der Waals surface area contributed by atoms with Gasteiger partial charge < -0.3 is 14.9 Å². The van der Waals surface area contributed by atoms with Crippen LogP contribution in [-0.4, -0.2) is 17.0 Å². The number of alkyl halides is 3. The highest BCUT2D eigenvalue weighted by atomic mass is 79.9. The van der Waals surface area contributed by atoms with Crippen molar-refractivity contribution in [3.63, 3.8) is 0 Å². The highest BCUT2D eigenvalue weighted by molar-refractivity contribution is 9.08. The predicted octanol–water partition coefficient (Wildman–Crippen LogP) is 2.83. The molecule has 88 valence electrons. The molecule has 0 atom stereocenters. The van der Waals surface area contributed by atoms with Crippen LogP contribution in [0.1, 0.15) is 17.6 Å². The quantitative estimate of drug-likeness (QED) is 0.487. The first-order valence-corrected chi connectivity index (χ1v) is 5.19. The molecular formula is C8H7BrF2N2O3. The van der Waals surface area contributed by atoms with Gasteiger partial charge in [-0.2, -0.15) is 0 Å². The minimum atomic E-state index is -2.82. The maximum atomic E-state index is 12.6. The number of methoxy groups -OCH3 is 1. The Morgan fingerprint density at radius 1 is 1.69 bits per heavy atom. The van der Waals surface area contributed by atoms with Crippen LogP contribution in [0.5, 0.6) is 5.88 Å². The fourth-order valence-electron chi connectivity index (χ4n) is 1.14. The molecule has 0 bridgehead atoms. The number of hydrogen-bond acceptors (Lipinski definition) is 4. The number of pyridine rings is 1. The second-order valence-corrected chi connectivity index (χ2v) is 3.31. The molecule has 0 spiro atoms. The zero-order chi connectivity index (χ0) is 12.3. The summed E-state index contributed by atoms with van der Waals surface area (Å²) >= 11 is 2.92. The molecule has 1 aromatic heterocycles. The topological polar surface area (TPSA) is 65.3 Å². The van der Waals surface area contributed by atoms with E-state index in [1.165, 1.54) is 7.11 Å². The summed E-state index contributed by atoms with van der Waals surface area (Å²) in [4.78, 5) is 13.4. The average molecular weight is 297 g/mol. The molecule has 0 aliphatic rings. The van der Waals surface area contributed by atoms with Gasteiger partial charge in [-0.3, -0.25) is 0 Å². The molecule has 0 saturated carbocycles. The highest BCUT2D eigenvalue weighted by Crippen LogP contribution is 2.32. The summed E-state index contributed by atoms with van der Waals surface area (Å²) in [6.07, 6.45) is -2.82. The van der Waals surface area contributed by atoms with Gasteiger partial charge in [0.25, 0.3) is 6.43 Å². The molecule has 0 unspecified atom stereocenters. The van der Waals surface area contributed by atoms with E-state index in [2.05, 4.69) is 25.7 Å². The van der Waals surface area contributed by atoms with E-state index in [9.17, 15) is 18.9 Å². The summed E-state index contributed by atoms with van der Waals surface area (Å²) in [6, 6.07) is 0.994. The second-order valence-electron chi connectivity index (χ2n) is 2.75. The summed E-state index contributed by atoms with van der Waals surface area (Å²) in [5.74, 6) is -0.821. The number of aromatic nitrogens is 1. The Hall–Kier alpha value is -1.31. The first kappa shape index (κ1) is 12.8. The number of nitrogens with zero attached hydrogens (tertiary/aromatic N) is 2. The van der Waals surface area contributed by atoms with Crippen LogP contribution in [0.2, 0.25) is 0 Å². The van der Waals surface area contributed by atoms with Crippen molar-refractivity contribution in [1.29, 1.82) is 0 Å². The van der Waals surface area contributed by atoms with Gasteiger partial charge in [0, 0.05) is 21.9 Å². The van der Waals surface area contributed by atoms with E-state index in [0.29, 0.717) is 0 Å². The lowest BCUT2D eigenvalue weighted by molar-refractivity contribution is -0.390. The molecular weight excluding hydrogens is 290 g/mol. The molecule has 0 saturated heterocycles. The zero-order valence-corrected chi connectivity index (χ0v) is 9.70. The van der Waals surface area contributed by atoms with E-state index >= 15 is 0 Å². The van der Waals surface area contributed by atoms with Crippen molar-refractivity contribution < 1.29 is 18.4 Å². The molecule has 0 N–H and O–H groups in total. The van der Waals surface area contributed by atoms with Gasteiger partial charge in [0.15, 0.2) is 0 Å². The minimum Gasteiger partial charge on any atom is -0.463 e. The van der Waals surface area contributed by atoms with E-state index in [0.717, 1.165) is 6.07 Å². The molecule has 1 rings (SSSR count). The molecule has 1 aromatic rings. The minimum absolute atomic E-state index is 0.0695. The second kappa shape index (κ2) is 5.15. The van der Waals surface area contributed by atoms with Crippen molar-refractivity contribution in [2.45, 2.75) is 11.8 Å². The normalized spacial score (nSPS) is 10.6. The zero-order valence-electron chi connectivity index (χ0n) is 8.11. The molecule has 1 heterocycles. The van der Waals surface area contributed by atoms with E-state index in [4.69, 9.17) is 0 Å². The first-order valence-electron chi connectivity index (χ1n) is 4.07. The van der Waals surface area contributed by atoms with Crippen LogP contribution >= 0.6 is 15.9 Å². The molecule has 0 amide bonds. The summed E-state index contributed by atoms with van der Waals surface area (Å²) < 4.78 is 29.9. The molecule has 0 aromatic carbocycles. The number of hydrogen-bond donors (Lipinski definition) is 0. The fraction of sp³-hybridized carbons (Fsp3) is 0.375. The lowest BCUT2D eigenvalue weighted by atomic mass is 10.1. The average Bonchev–Trinajstić information content (AvgIpc) is 2.26. The van der Waals surface area contributed by atoms with Crippen molar-refractivity contribution in [3.8, 4) is 5.88 Å². The number of nitro groups is 1. The van der Waals surface area contributed by atoms with E-state index in [-0.39, 0.29) is 16.8 Å². The van der Waals surface area contributed by atoms with Crippen molar-refractivity contribution in [2.24, 2.45) is 0 Å². The predicted molar refractivity (Wildman–Crippen MR) is 55.0 cm³/mol. The van der Waals surface area contributed by atoms with Gasteiger partial charge >= 0.3 is 11.7 Å². The van der Waals surface area contributed by atoms with Gasteiger partial charge in [0.1, 0.15) is 0 Å². The molecule has 0 aliphatic heterocycles. The van der Waals surface area contributed by atoms with Gasteiger partial charge in [-0.1, -0.05) is 15.9 Å². The van der Waals surface area contributed by atoms with Crippen LogP contribution in [0.25, 0.3) is 0 Å². The van der Waals surface area contributed by atoms with Gasteiger partial charge in [-0.05, 0) is 4.92 Å². The summed E-state index contributed by atoms with van der Waals surface area (Å²) in [7, 11) is 1.20. The van der Waals surface area contributed by atoms with E-state index in [1.54, 1.807) is 0 Å². The lowest BCUT2D eigenvalue weighted by Gasteiger charge is -2.07. The largest absolute Gasteiger partial charge is 0.463 e. The van der Waals surface area contributed by atoms with Crippen LogP contribution < -0.4 is 4.74 Å². The summed E-state index contributed by atoms with van der Waals surface area (Å²) in [5, 5.41) is 10.6. The molecule has 8 heteroatoms. The van der Waals surface area contributed by atoms with Crippen LogP contribution in [0.15, 0.2) is 6.07 Å².